The largest absolute Gasteiger partial charge is 0.388 e. The Balaban J connectivity index is 2.49. The molecule has 0 spiro atoms. The molecule has 12 heavy (non-hydrogen) atoms. The maximum Gasteiger partial charge on any atom is 0.217 e. The molecule has 1 rings (SSSR count). The number of carbonyl (C=O) groups excluding carboxylic acids is 1. The number of nitrogens with one attached hydrogen (secondary N) is 1. The van der Waals surface area contributed by atoms with Crippen LogP contribution in [-0.2, 0) is 4.79 Å². The maximum absolute atomic E-state index is 10.7. The minimum atomic E-state index is -0.647. The minimum Gasteiger partial charge on any atom is -0.388 e. The van der Waals surface area contributed by atoms with E-state index in [0.717, 1.165) is 25.7 Å². The minimum absolute atomic E-state index is 0.0668. The van der Waals surface area contributed by atoms with Gasteiger partial charge in [0, 0.05) is 6.92 Å². The Kier molecular flexibility index (Phi) is 2.73. The lowest BCUT2D eigenvalue weighted by Crippen LogP contribution is -2.48. The number of aliphatic hydroxyl groups is 1. The van der Waals surface area contributed by atoms with Crippen molar-refractivity contribution < 1.29 is 9.90 Å². The standard InChI is InChI=1S/C9H17NO2/c1-7(10-8(2)11)9(12)5-3-4-6-9/h7,12H,3-6H2,1-2H3,(H,10,11)/t7-/m0/s1. The van der Waals surface area contributed by atoms with Gasteiger partial charge in [-0.05, 0) is 19.8 Å². The molecule has 0 aromatic heterocycles. The van der Waals surface area contributed by atoms with Crippen LogP contribution in [0.3, 0.4) is 0 Å². The monoisotopic (exact) mass is 171 g/mol. The van der Waals surface area contributed by atoms with Crippen LogP contribution in [0.1, 0.15) is 39.5 Å². The molecule has 1 aliphatic carbocycles. The molecule has 0 radical (unpaired) electrons. The average molecular weight is 171 g/mol. The Bertz CT molecular complexity index is 173. The van der Waals surface area contributed by atoms with Crippen LogP contribution in [-0.4, -0.2) is 22.7 Å². The van der Waals surface area contributed by atoms with Crippen molar-refractivity contribution >= 4 is 5.91 Å². The Morgan fingerprint density at radius 3 is 2.42 bits per heavy atom. The Morgan fingerprint density at radius 1 is 1.50 bits per heavy atom. The van der Waals surface area contributed by atoms with Crippen LogP contribution in [0.25, 0.3) is 0 Å². The molecule has 0 aromatic carbocycles. The first-order chi connectivity index (χ1) is 5.54. The summed E-state index contributed by atoms with van der Waals surface area (Å²) in [6.07, 6.45) is 3.77. The van der Waals surface area contributed by atoms with E-state index in [0.29, 0.717) is 0 Å². The second-order valence-electron chi connectivity index (χ2n) is 3.73. The number of carbonyl (C=O) groups is 1. The SMILES string of the molecule is CC(=O)N[C@@H](C)C1(O)CCCC1. The van der Waals surface area contributed by atoms with Crippen molar-refractivity contribution in [3.63, 3.8) is 0 Å². The van der Waals surface area contributed by atoms with Crippen LogP contribution in [0.15, 0.2) is 0 Å². The average Bonchev–Trinajstić information content (AvgIpc) is 2.36. The van der Waals surface area contributed by atoms with E-state index < -0.39 is 5.60 Å². The van der Waals surface area contributed by atoms with E-state index in [-0.39, 0.29) is 11.9 Å². The van der Waals surface area contributed by atoms with Crippen molar-refractivity contribution in [1.29, 1.82) is 0 Å². The van der Waals surface area contributed by atoms with E-state index in [4.69, 9.17) is 0 Å². The van der Waals surface area contributed by atoms with Gasteiger partial charge in [-0.15, -0.1) is 0 Å². The lowest BCUT2D eigenvalue weighted by molar-refractivity contribution is -0.121. The highest BCUT2D eigenvalue weighted by Crippen LogP contribution is 2.32. The van der Waals surface area contributed by atoms with Crippen molar-refractivity contribution in [2.24, 2.45) is 0 Å². The summed E-state index contributed by atoms with van der Waals surface area (Å²) < 4.78 is 0. The molecule has 1 saturated carbocycles. The number of amides is 1. The van der Waals surface area contributed by atoms with Gasteiger partial charge in [-0.25, -0.2) is 0 Å². The van der Waals surface area contributed by atoms with Crippen molar-refractivity contribution in [1.82, 2.24) is 5.32 Å². The molecule has 1 amide bonds. The summed E-state index contributed by atoms with van der Waals surface area (Å²) in [7, 11) is 0. The van der Waals surface area contributed by atoms with Gasteiger partial charge < -0.3 is 10.4 Å². The van der Waals surface area contributed by atoms with Gasteiger partial charge in [0.25, 0.3) is 0 Å². The van der Waals surface area contributed by atoms with Gasteiger partial charge >= 0.3 is 0 Å². The maximum atomic E-state index is 10.7. The van der Waals surface area contributed by atoms with Crippen LogP contribution in [0.4, 0.5) is 0 Å². The van der Waals surface area contributed by atoms with Crippen LogP contribution in [0.5, 0.6) is 0 Å². The van der Waals surface area contributed by atoms with Gasteiger partial charge in [0.2, 0.25) is 5.91 Å². The fourth-order valence-corrected chi connectivity index (χ4v) is 1.86. The van der Waals surface area contributed by atoms with Gasteiger partial charge in [-0.2, -0.15) is 0 Å². The lowest BCUT2D eigenvalue weighted by Gasteiger charge is -2.29. The Morgan fingerprint density at radius 2 is 2.00 bits per heavy atom. The topological polar surface area (TPSA) is 49.3 Å². The van der Waals surface area contributed by atoms with Crippen molar-refractivity contribution in [3.8, 4) is 0 Å². The molecule has 2 N–H and O–H groups in total. The summed E-state index contributed by atoms with van der Waals surface area (Å²) in [6, 6.07) is -0.113. The van der Waals surface area contributed by atoms with Gasteiger partial charge in [0.15, 0.2) is 0 Å². The number of hydrogen-bond acceptors (Lipinski definition) is 2. The zero-order valence-electron chi connectivity index (χ0n) is 7.76. The molecule has 0 saturated heterocycles. The van der Waals surface area contributed by atoms with Crippen LogP contribution in [0.2, 0.25) is 0 Å². The third-order valence-corrected chi connectivity index (χ3v) is 2.70. The van der Waals surface area contributed by atoms with E-state index in [1.165, 1.54) is 6.92 Å². The summed E-state index contributed by atoms with van der Waals surface area (Å²) in [5.41, 5.74) is -0.647. The molecular weight excluding hydrogens is 154 g/mol. The molecule has 1 aliphatic rings. The Labute approximate surface area is 73.2 Å². The molecule has 0 aliphatic heterocycles. The van der Waals surface area contributed by atoms with Crippen molar-refractivity contribution in [2.75, 3.05) is 0 Å². The molecule has 1 atom stereocenters. The van der Waals surface area contributed by atoms with E-state index >= 15 is 0 Å². The first-order valence-electron chi connectivity index (χ1n) is 4.54. The molecule has 0 bridgehead atoms. The van der Waals surface area contributed by atoms with Crippen molar-refractivity contribution in [3.05, 3.63) is 0 Å². The first kappa shape index (κ1) is 9.52. The highest BCUT2D eigenvalue weighted by Gasteiger charge is 2.36. The molecule has 0 heterocycles. The molecule has 3 nitrogen and oxygen atoms in total. The molecule has 70 valence electrons. The summed E-state index contributed by atoms with van der Waals surface area (Å²) in [4.78, 5) is 10.7. The second kappa shape index (κ2) is 3.44. The highest BCUT2D eigenvalue weighted by molar-refractivity contribution is 5.73. The molecule has 0 aromatic rings. The van der Waals surface area contributed by atoms with E-state index in [1.807, 2.05) is 6.92 Å². The molecule has 1 fully saturated rings. The third-order valence-electron chi connectivity index (χ3n) is 2.70. The quantitative estimate of drug-likeness (QED) is 0.646. The molecule has 3 heteroatoms. The summed E-state index contributed by atoms with van der Waals surface area (Å²) in [6.45, 7) is 3.35. The normalized spacial score (nSPS) is 23.6. The summed E-state index contributed by atoms with van der Waals surface area (Å²) in [5.74, 6) is -0.0668. The zero-order valence-corrected chi connectivity index (χ0v) is 7.76. The molecule has 0 unspecified atom stereocenters. The van der Waals surface area contributed by atoms with Gasteiger partial charge in [0.05, 0.1) is 11.6 Å². The van der Waals surface area contributed by atoms with Crippen LogP contribution < -0.4 is 5.32 Å². The third kappa shape index (κ3) is 1.97. The summed E-state index contributed by atoms with van der Waals surface area (Å²) >= 11 is 0. The first-order valence-corrected chi connectivity index (χ1v) is 4.54. The van der Waals surface area contributed by atoms with Crippen LogP contribution in [0, 0.1) is 0 Å². The van der Waals surface area contributed by atoms with Gasteiger partial charge in [-0.3, -0.25) is 4.79 Å². The number of rotatable bonds is 2. The van der Waals surface area contributed by atoms with E-state index in [9.17, 15) is 9.90 Å². The summed E-state index contributed by atoms with van der Waals surface area (Å²) in [5, 5.41) is 12.7. The lowest BCUT2D eigenvalue weighted by atomic mass is 9.94. The van der Waals surface area contributed by atoms with Gasteiger partial charge in [0.1, 0.15) is 0 Å². The predicted octanol–water partition coefficient (Wildman–Crippen LogP) is 0.816. The van der Waals surface area contributed by atoms with E-state index in [2.05, 4.69) is 5.32 Å². The van der Waals surface area contributed by atoms with Crippen LogP contribution >= 0.6 is 0 Å². The number of hydrogen-bond donors (Lipinski definition) is 2. The second-order valence-corrected chi connectivity index (χ2v) is 3.73. The zero-order chi connectivity index (χ0) is 9.19. The highest BCUT2D eigenvalue weighted by atomic mass is 16.3. The van der Waals surface area contributed by atoms with Crippen molar-refractivity contribution in [2.45, 2.75) is 51.2 Å². The smallest absolute Gasteiger partial charge is 0.217 e. The van der Waals surface area contributed by atoms with Gasteiger partial charge in [-0.1, -0.05) is 12.8 Å². The fraction of sp³-hybridized carbons (Fsp3) is 0.889. The predicted molar refractivity (Wildman–Crippen MR) is 46.7 cm³/mol. The fourth-order valence-electron chi connectivity index (χ4n) is 1.86. The Hall–Kier alpha value is -0.570. The van der Waals surface area contributed by atoms with E-state index in [1.54, 1.807) is 0 Å². The molecular formula is C9H17NO2.